The summed E-state index contributed by atoms with van der Waals surface area (Å²) in [5, 5.41) is 11.3. The Morgan fingerprint density at radius 2 is 1.88 bits per heavy atom. The quantitative estimate of drug-likeness (QED) is 0.548. The minimum Gasteiger partial charge on any atom is -0.486 e. The van der Waals surface area contributed by atoms with Gasteiger partial charge in [-0.2, -0.15) is 0 Å². The molecule has 0 aliphatic carbocycles. The van der Waals surface area contributed by atoms with Crippen LogP contribution in [0.3, 0.4) is 0 Å². The van der Waals surface area contributed by atoms with Crippen LogP contribution >= 0.6 is 0 Å². The molecule has 1 aliphatic rings. The van der Waals surface area contributed by atoms with E-state index in [4.69, 9.17) is 15.2 Å². The number of nitrogens with two attached hydrogens (primary N) is 1. The van der Waals surface area contributed by atoms with E-state index in [-0.39, 0.29) is 37.2 Å². The second-order valence-corrected chi connectivity index (χ2v) is 7.59. The van der Waals surface area contributed by atoms with Gasteiger partial charge in [-0.1, -0.05) is 13.8 Å². The molecule has 1 aromatic carbocycles. The van der Waals surface area contributed by atoms with Gasteiger partial charge in [-0.3, -0.25) is 10.1 Å². The highest BCUT2D eigenvalue weighted by molar-refractivity contribution is 7.89. The fraction of sp³-hybridized carbons (Fsp3) is 0.571. The Morgan fingerprint density at radius 3 is 2.38 bits per heavy atom. The molecule has 0 fully saturated rings. The first-order valence-electron chi connectivity index (χ1n) is 7.55. The van der Waals surface area contributed by atoms with Gasteiger partial charge in [0.25, 0.3) is 5.69 Å². The van der Waals surface area contributed by atoms with E-state index in [1.54, 1.807) is 0 Å². The molecule has 1 heterocycles. The van der Waals surface area contributed by atoms with Crippen molar-refractivity contribution in [3.63, 3.8) is 0 Å². The van der Waals surface area contributed by atoms with E-state index in [0.29, 0.717) is 6.42 Å². The summed E-state index contributed by atoms with van der Waals surface area (Å²) in [6.45, 7) is 4.46. The van der Waals surface area contributed by atoms with E-state index in [1.807, 2.05) is 13.8 Å². The number of hydrogen-bond donors (Lipinski definition) is 2. The molecule has 0 aromatic heterocycles. The second-order valence-electron chi connectivity index (χ2n) is 5.90. The highest BCUT2D eigenvalue weighted by atomic mass is 32.2. The Balaban J connectivity index is 2.42. The standard InChI is InChI=1S/C14H21N3O6S/c1-9(2)5-10(8-15)16-24(20,21)14-7-13-12(22-3-4-23-13)6-11(14)17(18)19/h6-7,9-10,16H,3-5,8,15H2,1-2H3. The Kier molecular flexibility index (Phi) is 5.62. The Morgan fingerprint density at radius 1 is 1.29 bits per heavy atom. The van der Waals surface area contributed by atoms with Crippen molar-refractivity contribution in [2.45, 2.75) is 31.2 Å². The van der Waals surface area contributed by atoms with Crippen LogP contribution in [-0.4, -0.2) is 39.1 Å². The smallest absolute Gasteiger partial charge is 0.293 e. The third-order valence-electron chi connectivity index (χ3n) is 3.47. The number of benzene rings is 1. The van der Waals surface area contributed by atoms with E-state index < -0.39 is 31.6 Å². The summed E-state index contributed by atoms with van der Waals surface area (Å²) in [7, 11) is -4.13. The lowest BCUT2D eigenvalue weighted by Crippen LogP contribution is -2.41. The zero-order valence-corrected chi connectivity index (χ0v) is 14.3. The van der Waals surface area contributed by atoms with Crippen LogP contribution in [-0.2, 0) is 10.0 Å². The lowest BCUT2D eigenvalue weighted by Gasteiger charge is -2.21. The largest absolute Gasteiger partial charge is 0.486 e. The summed E-state index contributed by atoms with van der Waals surface area (Å²) in [5.74, 6) is 0.543. The molecule has 0 amide bonds. The van der Waals surface area contributed by atoms with Crippen LogP contribution in [0.15, 0.2) is 17.0 Å². The van der Waals surface area contributed by atoms with Crippen LogP contribution < -0.4 is 19.9 Å². The van der Waals surface area contributed by atoms with E-state index in [1.165, 1.54) is 0 Å². The molecule has 0 spiro atoms. The molecule has 9 nitrogen and oxygen atoms in total. The number of rotatable bonds is 7. The molecule has 1 aliphatic heterocycles. The van der Waals surface area contributed by atoms with Crippen molar-refractivity contribution in [2.24, 2.45) is 11.7 Å². The minimum atomic E-state index is -4.13. The van der Waals surface area contributed by atoms with Gasteiger partial charge < -0.3 is 15.2 Å². The molecule has 0 saturated heterocycles. The van der Waals surface area contributed by atoms with Gasteiger partial charge in [-0.05, 0) is 12.3 Å². The van der Waals surface area contributed by atoms with Crippen molar-refractivity contribution in [1.82, 2.24) is 4.72 Å². The lowest BCUT2D eigenvalue weighted by molar-refractivity contribution is -0.388. The van der Waals surface area contributed by atoms with E-state index in [2.05, 4.69) is 4.72 Å². The first-order valence-corrected chi connectivity index (χ1v) is 9.03. The van der Waals surface area contributed by atoms with Crippen LogP contribution in [0.4, 0.5) is 5.69 Å². The highest BCUT2D eigenvalue weighted by Gasteiger charge is 2.31. The van der Waals surface area contributed by atoms with Crippen molar-refractivity contribution in [3.8, 4) is 11.5 Å². The lowest BCUT2D eigenvalue weighted by atomic mass is 10.1. The van der Waals surface area contributed by atoms with Crippen molar-refractivity contribution < 1.29 is 22.8 Å². The van der Waals surface area contributed by atoms with Gasteiger partial charge in [0.1, 0.15) is 13.2 Å². The van der Waals surface area contributed by atoms with Gasteiger partial charge in [-0.15, -0.1) is 0 Å². The summed E-state index contributed by atoms with van der Waals surface area (Å²) in [5.41, 5.74) is 5.05. The van der Waals surface area contributed by atoms with Gasteiger partial charge in [0.15, 0.2) is 16.4 Å². The highest BCUT2D eigenvalue weighted by Crippen LogP contribution is 2.38. The SMILES string of the molecule is CC(C)CC(CN)NS(=O)(=O)c1cc2c(cc1[N+](=O)[O-])OCCO2. The predicted molar refractivity (Wildman–Crippen MR) is 86.7 cm³/mol. The van der Waals surface area contributed by atoms with Crippen LogP contribution in [0.2, 0.25) is 0 Å². The molecular formula is C14H21N3O6S. The minimum absolute atomic E-state index is 0.0930. The fourth-order valence-corrected chi connectivity index (χ4v) is 3.89. The summed E-state index contributed by atoms with van der Waals surface area (Å²) in [6, 6.07) is 1.68. The maximum absolute atomic E-state index is 12.6. The maximum atomic E-state index is 12.6. The molecular weight excluding hydrogens is 338 g/mol. The van der Waals surface area contributed by atoms with Crippen LogP contribution in [0.5, 0.6) is 11.5 Å². The number of nitro benzene ring substituents is 1. The molecule has 1 aromatic rings. The molecule has 3 N–H and O–H groups in total. The maximum Gasteiger partial charge on any atom is 0.293 e. The molecule has 0 radical (unpaired) electrons. The molecule has 0 saturated carbocycles. The molecule has 10 heteroatoms. The zero-order chi connectivity index (χ0) is 17.9. The normalized spacial score (nSPS) is 15.3. The molecule has 134 valence electrons. The number of ether oxygens (including phenoxy) is 2. The monoisotopic (exact) mass is 359 g/mol. The van der Waals surface area contributed by atoms with Gasteiger partial charge >= 0.3 is 0 Å². The van der Waals surface area contributed by atoms with E-state index in [9.17, 15) is 18.5 Å². The van der Waals surface area contributed by atoms with Gasteiger partial charge in [0, 0.05) is 18.7 Å². The average Bonchev–Trinajstić information content (AvgIpc) is 2.52. The molecule has 0 bridgehead atoms. The Bertz CT molecular complexity index is 719. The topological polar surface area (TPSA) is 134 Å². The van der Waals surface area contributed by atoms with Crippen LogP contribution in [0.1, 0.15) is 20.3 Å². The summed E-state index contributed by atoms with van der Waals surface area (Å²) in [6.07, 6.45) is 0.522. The average molecular weight is 359 g/mol. The number of nitrogens with zero attached hydrogens (tertiary/aromatic N) is 1. The van der Waals surface area contributed by atoms with Crippen molar-refractivity contribution in [2.75, 3.05) is 19.8 Å². The zero-order valence-electron chi connectivity index (χ0n) is 13.5. The summed E-state index contributed by atoms with van der Waals surface area (Å²) >= 11 is 0. The van der Waals surface area contributed by atoms with Gasteiger partial charge in [0.05, 0.1) is 11.0 Å². The Labute approximate surface area is 140 Å². The number of hydrogen-bond acceptors (Lipinski definition) is 7. The predicted octanol–water partition coefficient (Wildman–Crippen LogP) is 1.02. The molecule has 24 heavy (non-hydrogen) atoms. The van der Waals surface area contributed by atoms with Crippen LogP contribution in [0.25, 0.3) is 0 Å². The summed E-state index contributed by atoms with van der Waals surface area (Å²) in [4.78, 5) is 10.1. The number of nitro groups is 1. The first kappa shape index (κ1) is 18.4. The third-order valence-corrected chi connectivity index (χ3v) is 5.02. The number of sulfonamides is 1. The second kappa shape index (κ2) is 7.32. The van der Waals surface area contributed by atoms with E-state index >= 15 is 0 Å². The Hall–Kier alpha value is -1.91. The van der Waals surface area contributed by atoms with Crippen molar-refractivity contribution in [3.05, 3.63) is 22.2 Å². The van der Waals surface area contributed by atoms with Gasteiger partial charge in [0.2, 0.25) is 10.0 Å². The van der Waals surface area contributed by atoms with E-state index in [0.717, 1.165) is 12.1 Å². The van der Waals surface area contributed by atoms with Gasteiger partial charge in [-0.25, -0.2) is 13.1 Å². The molecule has 1 unspecified atom stereocenters. The number of fused-ring (bicyclic) bond motifs is 1. The first-order chi connectivity index (χ1) is 11.2. The van der Waals surface area contributed by atoms with Crippen LogP contribution in [0, 0.1) is 16.0 Å². The van der Waals surface area contributed by atoms with Crippen molar-refractivity contribution in [1.29, 1.82) is 0 Å². The fourth-order valence-electron chi connectivity index (χ4n) is 2.46. The molecule has 1 atom stereocenters. The molecule has 2 rings (SSSR count). The summed E-state index contributed by atoms with van der Waals surface area (Å²) < 4.78 is 38.3. The third kappa shape index (κ3) is 4.13. The van der Waals surface area contributed by atoms with Crippen molar-refractivity contribution >= 4 is 15.7 Å². The number of nitrogens with one attached hydrogen (secondary N) is 1.